The largest absolute Gasteiger partial charge is 0.378 e. The highest BCUT2D eigenvalue weighted by molar-refractivity contribution is 5.49. The number of rotatable bonds is 3. The fraction of sp³-hybridized carbons (Fsp3) is 0.731. The molecule has 0 bridgehead atoms. The highest BCUT2D eigenvalue weighted by Gasteiger charge is 2.36. The lowest BCUT2D eigenvalue weighted by Gasteiger charge is -2.39. The zero-order valence-corrected chi connectivity index (χ0v) is 20.8. The van der Waals surface area contributed by atoms with Gasteiger partial charge in [0, 0.05) is 46.5 Å². The van der Waals surface area contributed by atoms with Crippen molar-refractivity contribution in [2.24, 2.45) is 11.8 Å². The summed E-state index contributed by atoms with van der Waals surface area (Å²) in [5.41, 5.74) is 2.34. The van der Waals surface area contributed by atoms with Crippen LogP contribution >= 0.6 is 0 Å². The van der Waals surface area contributed by atoms with Crippen molar-refractivity contribution in [3.05, 3.63) is 32.0 Å². The lowest BCUT2D eigenvalue weighted by molar-refractivity contribution is -0.0422. The maximum atomic E-state index is 13.1. The van der Waals surface area contributed by atoms with Crippen molar-refractivity contribution in [3.8, 4) is 0 Å². The van der Waals surface area contributed by atoms with Crippen LogP contribution in [0.2, 0.25) is 0 Å². The third kappa shape index (κ3) is 5.08. The molecule has 0 spiro atoms. The van der Waals surface area contributed by atoms with E-state index in [0.717, 1.165) is 35.9 Å². The zero-order valence-electron chi connectivity index (χ0n) is 20.8. The van der Waals surface area contributed by atoms with Gasteiger partial charge < -0.3 is 9.30 Å². The molecular formula is C26H44N2O2. The van der Waals surface area contributed by atoms with Crippen LogP contribution in [-0.4, -0.2) is 34.8 Å². The van der Waals surface area contributed by atoms with Gasteiger partial charge in [-0.05, 0) is 52.9 Å². The average Bonchev–Trinajstić information content (AvgIpc) is 3.47. The van der Waals surface area contributed by atoms with Gasteiger partial charge in [0.05, 0.1) is 13.2 Å². The van der Waals surface area contributed by atoms with Gasteiger partial charge in [0.1, 0.15) is 0 Å². The molecule has 2 heterocycles. The van der Waals surface area contributed by atoms with Gasteiger partial charge in [0.15, 0.2) is 5.43 Å². The van der Waals surface area contributed by atoms with E-state index in [9.17, 15) is 4.79 Å². The Morgan fingerprint density at radius 1 is 1.07 bits per heavy atom. The number of ether oxygens (including phenoxy) is 1. The molecule has 2 aliphatic carbocycles. The SMILES string of the molecule is CC.CCC.Cc1c(CN2[C@@H](C)COC[C@@H]2C)n(C(C)C)c2c(c1=O)=CC1CC1C=2. The van der Waals surface area contributed by atoms with E-state index in [4.69, 9.17) is 4.74 Å². The molecule has 4 rings (SSSR count). The minimum absolute atomic E-state index is 0.233. The van der Waals surface area contributed by atoms with Gasteiger partial charge in [-0.25, -0.2) is 0 Å². The van der Waals surface area contributed by atoms with E-state index in [1.54, 1.807) is 0 Å². The molecule has 4 heteroatoms. The second-order valence-electron chi connectivity index (χ2n) is 9.18. The van der Waals surface area contributed by atoms with Crippen molar-refractivity contribution < 1.29 is 4.74 Å². The highest BCUT2D eigenvalue weighted by atomic mass is 16.5. The molecule has 0 N–H and O–H groups in total. The van der Waals surface area contributed by atoms with Crippen LogP contribution < -0.4 is 16.0 Å². The van der Waals surface area contributed by atoms with Crippen molar-refractivity contribution in [1.29, 1.82) is 0 Å². The van der Waals surface area contributed by atoms with Crippen LogP contribution in [0.1, 0.15) is 85.5 Å². The predicted molar refractivity (Wildman–Crippen MR) is 128 cm³/mol. The lowest BCUT2D eigenvalue weighted by Crippen LogP contribution is -2.53. The fourth-order valence-electron chi connectivity index (χ4n) is 4.58. The van der Waals surface area contributed by atoms with Crippen molar-refractivity contribution in [2.45, 2.75) is 99.8 Å². The summed E-state index contributed by atoms with van der Waals surface area (Å²) in [4.78, 5) is 15.6. The van der Waals surface area contributed by atoms with Gasteiger partial charge in [-0.15, -0.1) is 0 Å². The quantitative estimate of drug-likeness (QED) is 0.747. The molecule has 2 fully saturated rings. The second kappa shape index (κ2) is 10.8. The van der Waals surface area contributed by atoms with Gasteiger partial charge >= 0.3 is 0 Å². The number of aromatic nitrogens is 1. The monoisotopic (exact) mass is 416 g/mol. The van der Waals surface area contributed by atoms with Gasteiger partial charge in [0.2, 0.25) is 0 Å². The van der Waals surface area contributed by atoms with Crippen LogP contribution in [-0.2, 0) is 11.3 Å². The van der Waals surface area contributed by atoms with E-state index in [-0.39, 0.29) is 5.43 Å². The molecule has 4 atom stereocenters. The Hall–Kier alpha value is -1.39. The molecule has 0 amide bonds. The van der Waals surface area contributed by atoms with E-state index in [2.05, 4.69) is 63.2 Å². The van der Waals surface area contributed by atoms with Crippen LogP contribution in [0.4, 0.5) is 0 Å². The van der Waals surface area contributed by atoms with E-state index in [1.807, 2.05) is 20.8 Å². The average molecular weight is 417 g/mol. The Morgan fingerprint density at radius 2 is 1.60 bits per heavy atom. The maximum Gasteiger partial charge on any atom is 0.192 e. The standard InChI is InChI=1S/C21H30N2O2.C3H8.C2H6/c1-12(2)23-19-8-17-6-16(17)7-18(19)21(24)15(5)20(23)9-22-13(3)10-25-11-14(22)4;1-3-2;1-2/h7-8,12-14,16-17H,6,9-11H2,1-5H3;3H2,1-2H3;1-2H3/t13-,14-,16?,17?;;/m0../s1. The normalized spacial score (nSPS) is 26.7. The molecule has 1 aromatic heterocycles. The van der Waals surface area contributed by atoms with Gasteiger partial charge in [0.25, 0.3) is 0 Å². The first-order chi connectivity index (χ1) is 14.3. The number of hydrogen-bond donors (Lipinski definition) is 0. The predicted octanol–water partition coefficient (Wildman–Crippen LogP) is 4.00. The summed E-state index contributed by atoms with van der Waals surface area (Å²) in [6.45, 7) is 21.5. The summed E-state index contributed by atoms with van der Waals surface area (Å²) in [7, 11) is 0. The smallest absolute Gasteiger partial charge is 0.192 e. The maximum absolute atomic E-state index is 13.1. The summed E-state index contributed by atoms with van der Waals surface area (Å²) < 4.78 is 8.10. The molecular weight excluding hydrogens is 372 g/mol. The number of pyridine rings is 1. The molecule has 0 aromatic carbocycles. The van der Waals surface area contributed by atoms with Gasteiger partial charge in [-0.3, -0.25) is 9.69 Å². The molecule has 1 aliphatic heterocycles. The van der Waals surface area contributed by atoms with Crippen molar-refractivity contribution >= 4 is 12.2 Å². The van der Waals surface area contributed by atoms with Crippen LogP contribution in [0.3, 0.4) is 0 Å². The third-order valence-electron chi connectivity index (χ3n) is 6.19. The van der Waals surface area contributed by atoms with E-state index in [0.29, 0.717) is 30.0 Å². The first-order valence-corrected chi connectivity index (χ1v) is 12.1. The first kappa shape index (κ1) is 24.9. The van der Waals surface area contributed by atoms with E-state index in [1.165, 1.54) is 18.5 Å². The Morgan fingerprint density at radius 3 is 2.13 bits per heavy atom. The van der Waals surface area contributed by atoms with Crippen LogP contribution in [0.15, 0.2) is 4.79 Å². The minimum Gasteiger partial charge on any atom is -0.378 e. The molecule has 30 heavy (non-hydrogen) atoms. The van der Waals surface area contributed by atoms with E-state index < -0.39 is 0 Å². The summed E-state index contributed by atoms with van der Waals surface area (Å²) in [5, 5.41) is 2.10. The molecule has 2 unspecified atom stereocenters. The number of nitrogens with zero attached hydrogens (tertiary/aromatic N) is 2. The number of fused-ring (bicyclic) bond motifs is 2. The van der Waals surface area contributed by atoms with Crippen LogP contribution in [0.25, 0.3) is 12.2 Å². The second-order valence-corrected chi connectivity index (χ2v) is 9.18. The van der Waals surface area contributed by atoms with Gasteiger partial charge in [-0.1, -0.05) is 46.3 Å². The number of hydrogen-bond acceptors (Lipinski definition) is 3. The highest BCUT2D eigenvalue weighted by Crippen LogP contribution is 2.41. The summed E-state index contributed by atoms with van der Waals surface area (Å²) in [6.07, 6.45) is 7.05. The molecule has 1 saturated heterocycles. The fourth-order valence-corrected chi connectivity index (χ4v) is 4.58. The lowest BCUT2D eigenvalue weighted by atomic mass is 10.0. The Labute approximate surface area is 183 Å². The Balaban J connectivity index is 0.000000590. The van der Waals surface area contributed by atoms with Crippen molar-refractivity contribution in [3.63, 3.8) is 0 Å². The van der Waals surface area contributed by atoms with Crippen LogP contribution in [0, 0.1) is 18.8 Å². The topological polar surface area (TPSA) is 34.5 Å². The third-order valence-corrected chi connectivity index (χ3v) is 6.19. The molecule has 0 radical (unpaired) electrons. The minimum atomic E-state index is 0.233. The van der Waals surface area contributed by atoms with E-state index >= 15 is 0 Å². The summed E-state index contributed by atoms with van der Waals surface area (Å²) in [6, 6.07) is 1.09. The molecule has 4 nitrogen and oxygen atoms in total. The van der Waals surface area contributed by atoms with Crippen LogP contribution in [0.5, 0.6) is 0 Å². The number of morpholine rings is 1. The first-order valence-electron chi connectivity index (χ1n) is 12.1. The molecule has 1 aromatic rings. The molecule has 1 saturated carbocycles. The summed E-state index contributed by atoms with van der Waals surface area (Å²) in [5.74, 6) is 1.25. The Bertz CT molecular complexity index is 874. The summed E-state index contributed by atoms with van der Waals surface area (Å²) >= 11 is 0. The van der Waals surface area contributed by atoms with Crippen molar-refractivity contribution in [1.82, 2.24) is 9.47 Å². The van der Waals surface area contributed by atoms with Gasteiger partial charge in [-0.2, -0.15) is 0 Å². The Kier molecular flexibility index (Phi) is 8.93. The molecule has 170 valence electrons. The molecule has 3 aliphatic rings. The zero-order chi connectivity index (χ0) is 22.6. The van der Waals surface area contributed by atoms with Crippen molar-refractivity contribution in [2.75, 3.05) is 13.2 Å².